The zero-order valence-corrected chi connectivity index (χ0v) is 16.1. The smallest absolute Gasteiger partial charge is 0.326 e. The summed E-state index contributed by atoms with van der Waals surface area (Å²) >= 11 is 0. The Labute approximate surface area is 167 Å². The van der Waals surface area contributed by atoms with Gasteiger partial charge in [-0.05, 0) is 30.9 Å². The highest BCUT2D eigenvalue weighted by atomic mass is 16.5. The van der Waals surface area contributed by atoms with E-state index in [0.29, 0.717) is 12.0 Å². The fourth-order valence-electron chi connectivity index (χ4n) is 3.78. The quantitative estimate of drug-likeness (QED) is 0.560. The maximum atomic E-state index is 12.8. The molecule has 1 heterocycles. The van der Waals surface area contributed by atoms with E-state index in [1.807, 2.05) is 6.92 Å². The van der Waals surface area contributed by atoms with E-state index in [2.05, 4.69) is 10.6 Å². The fourth-order valence-corrected chi connectivity index (χ4v) is 3.78. The molecule has 3 rings (SSSR count). The number of benzene rings is 1. The van der Waals surface area contributed by atoms with Crippen molar-refractivity contribution >= 4 is 29.7 Å². The molecule has 0 radical (unpaired) electrons. The van der Waals surface area contributed by atoms with E-state index in [0.717, 1.165) is 24.2 Å². The second kappa shape index (κ2) is 8.42. The van der Waals surface area contributed by atoms with Crippen LogP contribution in [0.5, 0.6) is 0 Å². The molecule has 2 atom stereocenters. The van der Waals surface area contributed by atoms with Crippen LogP contribution in [0, 0.1) is 5.92 Å². The van der Waals surface area contributed by atoms with Crippen LogP contribution < -0.4 is 10.6 Å². The maximum Gasteiger partial charge on any atom is 0.326 e. The molecular formula is C20H23N3O6. The lowest BCUT2D eigenvalue weighted by Crippen LogP contribution is -2.54. The van der Waals surface area contributed by atoms with Gasteiger partial charge in [-0.15, -0.1) is 0 Å². The number of nitrogens with one attached hydrogen (secondary N) is 2. The van der Waals surface area contributed by atoms with Crippen molar-refractivity contribution in [1.29, 1.82) is 0 Å². The molecule has 1 aromatic carbocycles. The molecule has 2 N–H and O–H groups in total. The Hall–Kier alpha value is -3.23. The van der Waals surface area contributed by atoms with Crippen molar-refractivity contribution in [3.63, 3.8) is 0 Å². The van der Waals surface area contributed by atoms with Gasteiger partial charge >= 0.3 is 12.0 Å². The Morgan fingerprint density at radius 3 is 2.62 bits per heavy atom. The molecule has 2 aliphatic rings. The van der Waals surface area contributed by atoms with Crippen LogP contribution in [0.15, 0.2) is 30.3 Å². The summed E-state index contributed by atoms with van der Waals surface area (Å²) in [6.45, 7) is 0.634. The van der Waals surface area contributed by atoms with Gasteiger partial charge in [0.2, 0.25) is 0 Å². The van der Waals surface area contributed by atoms with Gasteiger partial charge in [0.1, 0.15) is 12.1 Å². The standard InChI is InChI=1S/C20H23N3O6/c1-13-7-5-6-10-20(13)18(27)23(19(28)22-20)11-16(25)29-12-15(24)21-17(26)14-8-3-2-4-9-14/h2-4,8-9,13H,5-7,10-12H2,1H3,(H,22,28)(H,21,24,26)/t13-,20+/m0/s1. The van der Waals surface area contributed by atoms with E-state index < -0.39 is 48.4 Å². The van der Waals surface area contributed by atoms with Gasteiger partial charge in [-0.2, -0.15) is 0 Å². The number of amides is 5. The zero-order chi connectivity index (χ0) is 21.0. The molecule has 1 aliphatic carbocycles. The summed E-state index contributed by atoms with van der Waals surface area (Å²) in [5.74, 6) is -2.79. The topological polar surface area (TPSA) is 122 Å². The summed E-state index contributed by atoms with van der Waals surface area (Å²) in [5, 5.41) is 4.84. The lowest BCUT2D eigenvalue weighted by atomic mass is 9.73. The van der Waals surface area contributed by atoms with E-state index in [1.165, 1.54) is 12.1 Å². The zero-order valence-electron chi connectivity index (χ0n) is 16.1. The first kappa shape index (κ1) is 20.5. The third-order valence-electron chi connectivity index (χ3n) is 5.44. The molecule has 1 aromatic rings. The van der Waals surface area contributed by atoms with Crippen LogP contribution in [0.2, 0.25) is 0 Å². The largest absolute Gasteiger partial charge is 0.454 e. The van der Waals surface area contributed by atoms with Gasteiger partial charge in [0.25, 0.3) is 17.7 Å². The lowest BCUT2D eigenvalue weighted by molar-refractivity contribution is -0.151. The molecule has 29 heavy (non-hydrogen) atoms. The van der Waals surface area contributed by atoms with Gasteiger partial charge < -0.3 is 10.1 Å². The van der Waals surface area contributed by atoms with Gasteiger partial charge in [0.15, 0.2) is 6.61 Å². The van der Waals surface area contributed by atoms with Crippen molar-refractivity contribution in [2.24, 2.45) is 5.92 Å². The molecule has 0 aromatic heterocycles. The van der Waals surface area contributed by atoms with Gasteiger partial charge in [-0.3, -0.25) is 29.4 Å². The fraction of sp³-hybridized carbons (Fsp3) is 0.450. The number of hydrogen-bond donors (Lipinski definition) is 2. The number of hydrogen-bond acceptors (Lipinski definition) is 6. The molecular weight excluding hydrogens is 378 g/mol. The van der Waals surface area contributed by atoms with Crippen LogP contribution in [0.3, 0.4) is 0 Å². The minimum absolute atomic E-state index is 0.0245. The normalized spacial score (nSPS) is 23.6. The van der Waals surface area contributed by atoms with Gasteiger partial charge in [-0.25, -0.2) is 4.79 Å². The van der Waals surface area contributed by atoms with Crippen LogP contribution in [0.25, 0.3) is 0 Å². The van der Waals surface area contributed by atoms with Crippen LogP contribution in [-0.2, 0) is 19.1 Å². The second-order valence-corrected chi connectivity index (χ2v) is 7.34. The minimum atomic E-state index is -0.963. The molecule has 1 aliphatic heterocycles. The molecule has 154 valence electrons. The Balaban J connectivity index is 1.50. The van der Waals surface area contributed by atoms with Crippen molar-refractivity contribution in [2.75, 3.05) is 13.2 Å². The van der Waals surface area contributed by atoms with Gasteiger partial charge in [0, 0.05) is 5.56 Å². The molecule has 1 saturated carbocycles. The van der Waals surface area contributed by atoms with E-state index in [4.69, 9.17) is 4.74 Å². The summed E-state index contributed by atoms with van der Waals surface area (Å²) in [6, 6.07) is 7.47. The molecule has 5 amide bonds. The SMILES string of the molecule is C[C@H]1CCCC[C@@]12NC(=O)N(CC(=O)OCC(=O)NC(=O)c1ccccc1)C2=O. The van der Waals surface area contributed by atoms with Gasteiger partial charge in [0.05, 0.1) is 0 Å². The van der Waals surface area contributed by atoms with Crippen molar-refractivity contribution in [3.8, 4) is 0 Å². The van der Waals surface area contributed by atoms with Crippen molar-refractivity contribution in [1.82, 2.24) is 15.5 Å². The highest BCUT2D eigenvalue weighted by Crippen LogP contribution is 2.38. The number of carbonyl (C=O) groups is 5. The predicted octanol–water partition coefficient (Wildman–Crippen LogP) is 0.987. The van der Waals surface area contributed by atoms with Crippen LogP contribution in [0.1, 0.15) is 43.0 Å². The van der Waals surface area contributed by atoms with E-state index >= 15 is 0 Å². The number of imide groups is 2. The lowest BCUT2D eigenvalue weighted by Gasteiger charge is -2.36. The Kier molecular flexibility index (Phi) is 5.95. The van der Waals surface area contributed by atoms with Crippen LogP contribution in [0.4, 0.5) is 4.79 Å². The summed E-state index contributed by atoms with van der Waals surface area (Å²) in [4.78, 5) is 61.6. The number of urea groups is 1. The summed E-state index contributed by atoms with van der Waals surface area (Å²) in [6.07, 6.45) is 3.17. The molecule has 1 spiro atoms. The van der Waals surface area contributed by atoms with Crippen LogP contribution >= 0.6 is 0 Å². The monoisotopic (exact) mass is 401 g/mol. The Bertz CT molecular complexity index is 840. The predicted molar refractivity (Wildman–Crippen MR) is 100 cm³/mol. The summed E-state index contributed by atoms with van der Waals surface area (Å²) in [7, 11) is 0. The first-order chi connectivity index (χ1) is 13.8. The molecule has 1 saturated heterocycles. The number of esters is 1. The number of nitrogens with zero attached hydrogens (tertiary/aromatic N) is 1. The number of carbonyl (C=O) groups excluding carboxylic acids is 5. The second-order valence-electron chi connectivity index (χ2n) is 7.34. The Morgan fingerprint density at radius 2 is 1.93 bits per heavy atom. The van der Waals surface area contributed by atoms with Crippen molar-refractivity contribution in [2.45, 2.75) is 38.1 Å². The van der Waals surface area contributed by atoms with E-state index in [-0.39, 0.29) is 5.92 Å². The molecule has 0 unspecified atom stereocenters. The summed E-state index contributed by atoms with van der Waals surface area (Å²) in [5.41, 5.74) is -0.673. The first-order valence-electron chi connectivity index (χ1n) is 9.52. The molecule has 9 nitrogen and oxygen atoms in total. The van der Waals surface area contributed by atoms with Gasteiger partial charge in [-0.1, -0.05) is 38.0 Å². The summed E-state index contributed by atoms with van der Waals surface area (Å²) < 4.78 is 4.82. The average Bonchev–Trinajstić information content (AvgIpc) is 2.94. The average molecular weight is 401 g/mol. The van der Waals surface area contributed by atoms with E-state index in [9.17, 15) is 24.0 Å². The molecule has 2 fully saturated rings. The van der Waals surface area contributed by atoms with Crippen molar-refractivity contribution < 1.29 is 28.7 Å². The number of ether oxygens (including phenoxy) is 1. The maximum absolute atomic E-state index is 12.8. The third-order valence-corrected chi connectivity index (χ3v) is 5.44. The highest BCUT2D eigenvalue weighted by Gasteiger charge is 2.55. The van der Waals surface area contributed by atoms with Crippen molar-refractivity contribution in [3.05, 3.63) is 35.9 Å². The highest BCUT2D eigenvalue weighted by molar-refractivity contribution is 6.09. The number of rotatable bonds is 5. The molecule has 9 heteroatoms. The van der Waals surface area contributed by atoms with E-state index in [1.54, 1.807) is 18.2 Å². The third kappa shape index (κ3) is 4.28. The van der Waals surface area contributed by atoms with Crippen LogP contribution in [-0.4, -0.2) is 53.3 Å². The molecule has 0 bridgehead atoms. The first-order valence-corrected chi connectivity index (χ1v) is 9.52. The minimum Gasteiger partial charge on any atom is -0.454 e. The Morgan fingerprint density at radius 1 is 1.21 bits per heavy atom.